The van der Waals surface area contributed by atoms with Crippen molar-refractivity contribution in [2.24, 2.45) is 39.9 Å². The van der Waals surface area contributed by atoms with E-state index in [1.54, 1.807) is 5.57 Å². The normalized spacial score (nSPS) is 51.2. The summed E-state index contributed by atoms with van der Waals surface area (Å²) in [4.78, 5) is 12.1. The van der Waals surface area contributed by atoms with Crippen molar-refractivity contribution in [1.29, 1.82) is 5.26 Å². The monoisotopic (exact) mass is 323 g/mol. The first-order valence-electron chi connectivity index (χ1n) is 10.1. The van der Waals surface area contributed by atoms with Gasteiger partial charge in [-0.25, -0.2) is 0 Å². The third-order valence-electron chi connectivity index (χ3n) is 9.27. The molecule has 0 N–H and O–H groups in total. The van der Waals surface area contributed by atoms with Crippen LogP contribution in [0.2, 0.25) is 0 Å². The molecule has 0 aromatic rings. The van der Waals surface area contributed by atoms with Gasteiger partial charge in [0.2, 0.25) is 0 Å². The molecule has 0 aromatic carbocycles. The lowest BCUT2D eigenvalue weighted by molar-refractivity contribution is -0.118. The molecule has 0 amide bonds. The highest BCUT2D eigenvalue weighted by atomic mass is 16.1. The molecule has 6 atom stereocenters. The van der Waals surface area contributed by atoms with Crippen molar-refractivity contribution in [1.82, 2.24) is 0 Å². The largest absolute Gasteiger partial charge is 0.295 e. The van der Waals surface area contributed by atoms with Gasteiger partial charge < -0.3 is 0 Å². The second-order valence-corrected chi connectivity index (χ2v) is 10.1. The van der Waals surface area contributed by atoms with Crippen LogP contribution in [0.15, 0.2) is 11.6 Å². The number of rotatable bonds is 0. The van der Waals surface area contributed by atoms with Gasteiger partial charge in [0.05, 0.1) is 12.0 Å². The number of ketones is 1. The minimum absolute atomic E-state index is 0.258. The first-order valence-corrected chi connectivity index (χ1v) is 10.1. The predicted octanol–water partition coefficient (Wildman–Crippen LogP) is 5.05. The van der Waals surface area contributed by atoms with Gasteiger partial charge in [-0.15, -0.1) is 0 Å². The van der Waals surface area contributed by atoms with E-state index >= 15 is 0 Å². The molecule has 4 fully saturated rings. The van der Waals surface area contributed by atoms with Gasteiger partial charge in [0, 0.05) is 6.42 Å². The molecule has 1 spiro atoms. The third-order valence-corrected chi connectivity index (χ3v) is 9.27. The summed E-state index contributed by atoms with van der Waals surface area (Å²) >= 11 is 0. The summed E-state index contributed by atoms with van der Waals surface area (Å²) in [5.74, 6) is 2.93. The van der Waals surface area contributed by atoms with Crippen LogP contribution in [0.4, 0.5) is 0 Å². The van der Waals surface area contributed by atoms with Gasteiger partial charge in [-0.05, 0) is 91.4 Å². The Morgan fingerprint density at radius 1 is 1.08 bits per heavy atom. The summed E-state index contributed by atoms with van der Waals surface area (Å²) in [6, 6.07) is 2.65. The maximum atomic E-state index is 12.1. The van der Waals surface area contributed by atoms with E-state index < -0.39 is 0 Å². The summed E-state index contributed by atoms with van der Waals surface area (Å²) in [5, 5.41) is 9.65. The molecule has 24 heavy (non-hydrogen) atoms. The zero-order valence-electron chi connectivity index (χ0n) is 15.1. The topological polar surface area (TPSA) is 40.9 Å². The average Bonchev–Trinajstić information content (AvgIpc) is 3.23. The Morgan fingerprint density at radius 3 is 2.58 bits per heavy atom. The molecule has 2 nitrogen and oxygen atoms in total. The summed E-state index contributed by atoms with van der Waals surface area (Å²) < 4.78 is 0. The molecule has 0 saturated heterocycles. The van der Waals surface area contributed by atoms with Crippen LogP contribution >= 0.6 is 0 Å². The number of hydrogen-bond donors (Lipinski definition) is 0. The van der Waals surface area contributed by atoms with E-state index in [4.69, 9.17) is 0 Å². The van der Waals surface area contributed by atoms with Crippen LogP contribution in [0.5, 0.6) is 0 Å². The summed E-state index contributed by atoms with van der Waals surface area (Å²) in [6.07, 6.45) is 12.7. The van der Waals surface area contributed by atoms with Crippen molar-refractivity contribution in [3.63, 3.8) is 0 Å². The first kappa shape index (κ1) is 15.2. The molecule has 128 valence electrons. The average molecular weight is 323 g/mol. The number of fused-ring (bicyclic) bond motifs is 6. The van der Waals surface area contributed by atoms with Crippen LogP contribution in [-0.4, -0.2) is 5.78 Å². The highest BCUT2D eigenvalue weighted by Crippen LogP contribution is 2.74. The molecule has 5 aliphatic carbocycles. The lowest BCUT2D eigenvalue weighted by Crippen LogP contribution is -2.53. The number of nitrogens with zero attached hydrogens (tertiary/aromatic N) is 1. The van der Waals surface area contributed by atoms with E-state index in [0.29, 0.717) is 11.2 Å². The third kappa shape index (κ3) is 1.69. The maximum Gasteiger partial charge on any atom is 0.155 e. The Kier molecular flexibility index (Phi) is 2.87. The van der Waals surface area contributed by atoms with Crippen LogP contribution < -0.4 is 0 Å². The Balaban J connectivity index is 1.58. The maximum absolute atomic E-state index is 12.1. The Labute approximate surface area is 145 Å². The van der Waals surface area contributed by atoms with Gasteiger partial charge in [0.25, 0.3) is 0 Å². The van der Waals surface area contributed by atoms with Crippen molar-refractivity contribution in [3.8, 4) is 6.07 Å². The zero-order chi connectivity index (χ0) is 16.7. The van der Waals surface area contributed by atoms with E-state index in [-0.39, 0.29) is 16.7 Å². The first-order chi connectivity index (χ1) is 11.4. The Bertz CT molecular complexity index is 681. The van der Waals surface area contributed by atoms with Crippen molar-refractivity contribution in [2.45, 2.75) is 71.6 Å². The van der Waals surface area contributed by atoms with E-state index in [0.717, 1.165) is 37.0 Å². The highest BCUT2D eigenvalue weighted by molar-refractivity contribution is 5.92. The molecule has 0 aromatic heterocycles. The molecule has 0 heterocycles. The fourth-order valence-electron chi connectivity index (χ4n) is 7.82. The summed E-state index contributed by atoms with van der Waals surface area (Å²) in [5.41, 5.74) is 2.44. The molecule has 2 heteroatoms. The van der Waals surface area contributed by atoms with Crippen molar-refractivity contribution in [3.05, 3.63) is 11.6 Å². The quantitative estimate of drug-likeness (QED) is 0.626. The molecule has 5 rings (SSSR count). The minimum Gasteiger partial charge on any atom is -0.295 e. The molecule has 5 aliphatic rings. The zero-order valence-corrected chi connectivity index (χ0v) is 15.1. The number of nitriles is 1. The van der Waals surface area contributed by atoms with E-state index in [1.165, 1.54) is 38.5 Å². The fraction of sp³-hybridized carbons (Fsp3) is 0.818. The van der Waals surface area contributed by atoms with Crippen LogP contribution in [0, 0.1) is 51.2 Å². The molecular weight excluding hydrogens is 294 g/mol. The van der Waals surface area contributed by atoms with Gasteiger partial charge in [-0.2, -0.15) is 5.26 Å². The van der Waals surface area contributed by atoms with E-state index in [2.05, 4.69) is 26.0 Å². The van der Waals surface area contributed by atoms with Gasteiger partial charge in [-0.3, -0.25) is 4.79 Å². The molecule has 4 saturated carbocycles. The van der Waals surface area contributed by atoms with Crippen LogP contribution in [0.25, 0.3) is 0 Å². The minimum atomic E-state index is 0.258. The second-order valence-electron chi connectivity index (χ2n) is 10.1. The van der Waals surface area contributed by atoms with Gasteiger partial charge in [-0.1, -0.05) is 19.4 Å². The molecule has 0 unspecified atom stereocenters. The van der Waals surface area contributed by atoms with Gasteiger partial charge in [0.15, 0.2) is 5.78 Å². The number of carbonyl (C=O) groups is 1. The molecular formula is C22H29NO. The van der Waals surface area contributed by atoms with Crippen LogP contribution in [0.1, 0.15) is 71.6 Å². The standard InChI is InChI=1S/C22H29NO/c1-20-8-6-18-16(17(20)4-3-14(20)13-23)12-22(9-10-22)19-11-15(24)5-7-21(18,19)2/h11,14,16-18H,3-10,12H2,1-2H3/t14-,16+,17+,18+,20-,21-/m1/s1. The van der Waals surface area contributed by atoms with Crippen molar-refractivity contribution in [2.75, 3.05) is 0 Å². The second kappa shape index (κ2) is 4.54. The molecule has 0 aliphatic heterocycles. The van der Waals surface area contributed by atoms with Crippen LogP contribution in [0.3, 0.4) is 0 Å². The number of carbonyl (C=O) groups excluding carboxylic acids is 1. The summed E-state index contributed by atoms with van der Waals surface area (Å²) in [6.45, 7) is 4.91. The number of allylic oxidation sites excluding steroid dienone is 1. The number of hydrogen-bond acceptors (Lipinski definition) is 2. The highest BCUT2D eigenvalue weighted by Gasteiger charge is 2.66. The van der Waals surface area contributed by atoms with Crippen molar-refractivity contribution >= 4 is 5.78 Å². The SMILES string of the molecule is C[C@]12CC[C@H]3[C@@H](CC4(CC4)C4=CC(=O)CC[C@@]43C)[C@@H]1CC[C@@H]2C#N. The van der Waals surface area contributed by atoms with E-state index in [9.17, 15) is 10.1 Å². The predicted molar refractivity (Wildman–Crippen MR) is 92.9 cm³/mol. The Morgan fingerprint density at radius 2 is 1.88 bits per heavy atom. The lowest BCUT2D eigenvalue weighted by atomic mass is 9.44. The van der Waals surface area contributed by atoms with E-state index in [1.807, 2.05) is 0 Å². The smallest absolute Gasteiger partial charge is 0.155 e. The Hall–Kier alpha value is -1.10. The van der Waals surface area contributed by atoms with Gasteiger partial charge in [0.1, 0.15) is 0 Å². The molecule has 0 bridgehead atoms. The van der Waals surface area contributed by atoms with Gasteiger partial charge >= 0.3 is 0 Å². The fourth-order valence-corrected chi connectivity index (χ4v) is 7.82. The van der Waals surface area contributed by atoms with Crippen molar-refractivity contribution < 1.29 is 4.79 Å². The molecule has 0 radical (unpaired) electrons. The summed E-state index contributed by atoms with van der Waals surface area (Å²) in [7, 11) is 0. The lowest BCUT2D eigenvalue weighted by Gasteiger charge is -2.60. The van der Waals surface area contributed by atoms with Crippen LogP contribution in [-0.2, 0) is 4.79 Å².